The molecule has 2 aromatic rings. The molecule has 28 heavy (non-hydrogen) atoms. The number of carboxylic acid groups (broad SMARTS) is 1. The molecule has 0 saturated carbocycles. The molecule has 0 amide bonds. The van der Waals surface area contributed by atoms with Crippen molar-refractivity contribution in [1.82, 2.24) is 0 Å². The summed E-state index contributed by atoms with van der Waals surface area (Å²) in [6.07, 6.45) is 3.39. The number of carbonyl (C=O) groups is 1. The molecule has 4 nitrogen and oxygen atoms in total. The molecule has 2 aromatic carbocycles. The van der Waals surface area contributed by atoms with Crippen molar-refractivity contribution >= 4 is 17.3 Å². The van der Waals surface area contributed by atoms with Gasteiger partial charge >= 0.3 is 5.97 Å². The van der Waals surface area contributed by atoms with Crippen LogP contribution in [0.3, 0.4) is 0 Å². The quantitative estimate of drug-likeness (QED) is 0.777. The lowest BCUT2D eigenvalue weighted by Gasteiger charge is -2.40. The fraction of sp³-hybridized carbons (Fsp3) is 0.375. The van der Waals surface area contributed by atoms with E-state index in [1.165, 1.54) is 11.1 Å². The maximum atomic E-state index is 12.5. The second kappa shape index (κ2) is 7.70. The van der Waals surface area contributed by atoms with Crippen molar-refractivity contribution in [1.29, 1.82) is 0 Å². The molecule has 0 saturated heterocycles. The highest BCUT2D eigenvalue weighted by molar-refractivity contribution is 5.85. The lowest BCUT2D eigenvalue weighted by molar-refractivity contribution is -0.138. The van der Waals surface area contributed by atoms with Crippen molar-refractivity contribution in [3.63, 3.8) is 0 Å². The molecule has 0 spiro atoms. The molecule has 0 radical (unpaired) electrons. The number of anilines is 2. The number of carboxylic acids is 1. The molecule has 3 rings (SSSR count). The van der Waals surface area contributed by atoms with Gasteiger partial charge in [-0.1, -0.05) is 47.5 Å². The van der Waals surface area contributed by atoms with Gasteiger partial charge in [0.15, 0.2) is 0 Å². The zero-order valence-corrected chi connectivity index (χ0v) is 17.7. The van der Waals surface area contributed by atoms with Crippen LogP contribution < -0.4 is 9.80 Å². The minimum atomic E-state index is -0.831. The number of hydrogen-bond donors (Lipinski definition) is 1. The van der Waals surface area contributed by atoms with E-state index in [2.05, 4.69) is 78.0 Å². The number of aliphatic carboxylic acids is 1. The minimum Gasteiger partial charge on any atom is -0.478 e. The molecule has 0 fully saturated rings. The molecule has 148 valence electrons. The zero-order chi connectivity index (χ0) is 20.6. The highest BCUT2D eigenvalue weighted by Crippen LogP contribution is 2.34. The van der Waals surface area contributed by atoms with E-state index in [0.29, 0.717) is 13.1 Å². The molecule has 1 aliphatic rings. The van der Waals surface area contributed by atoms with Crippen LogP contribution in [-0.2, 0) is 4.79 Å². The predicted molar refractivity (Wildman–Crippen MR) is 117 cm³/mol. The molecule has 1 N–H and O–H groups in total. The lowest BCUT2D eigenvalue weighted by Crippen LogP contribution is -2.54. The summed E-state index contributed by atoms with van der Waals surface area (Å²) in [5.41, 5.74) is 8.84. The van der Waals surface area contributed by atoms with Crippen LogP contribution in [0.25, 0.3) is 0 Å². The van der Waals surface area contributed by atoms with E-state index < -0.39 is 12.1 Å². The van der Waals surface area contributed by atoms with Crippen LogP contribution in [0.1, 0.15) is 33.4 Å². The number of hydrogen-bond acceptors (Lipinski definition) is 3. The van der Waals surface area contributed by atoms with Crippen LogP contribution in [0, 0.1) is 41.5 Å². The fourth-order valence-corrected chi connectivity index (χ4v) is 4.69. The highest BCUT2D eigenvalue weighted by atomic mass is 16.4. The number of rotatable bonds is 3. The van der Waals surface area contributed by atoms with Crippen molar-refractivity contribution < 1.29 is 9.90 Å². The van der Waals surface area contributed by atoms with Crippen molar-refractivity contribution in [3.8, 4) is 0 Å². The molecular weight excluding hydrogens is 348 g/mol. The van der Waals surface area contributed by atoms with Crippen molar-refractivity contribution in [2.24, 2.45) is 0 Å². The summed E-state index contributed by atoms with van der Waals surface area (Å²) in [4.78, 5) is 16.6. The topological polar surface area (TPSA) is 43.8 Å². The number of nitrogens with zero attached hydrogens (tertiary/aromatic N) is 2. The van der Waals surface area contributed by atoms with Crippen LogP contribution in [0.2, 0.25) is 0 Å². The van der Waals surface area contributed by atoms with E-state index >= 15 is 0 Å². The van der Waals surface area contributed by atoms with Gasteiger partial charge in [0.1, 0.15) is 0 Å². The Hall–Kier alpha value is -2.75. The molecular formula is C24H30N2O2. The maximum Gasteiger partial charge on any atom is 0.347 e. The Labute approximate surface area is 168 Å². The van der Waals surface area contributed by atoms with Gasteiger partial charge in [-0.05, 0) is 63.8 Å². The van der Waals surface area contributed by atoms with E-state index in [0.717, 1.165) is 33.6 Å². The van der Waals surface area contributed by atoms with E-state index in [4.69, 9.17) is 0 Å². The Kier molecular flexibility index (Phi) is 5.50. The Morgan fingerprint density at radius 1 is 0.750 bits per heavy atom. The Bertz CT molecular complexity index is 830. The molecule has 0 aliphatic carbocycles. The van der Waals surface area contributed by atoms with E-state index in [1.54, 1.807) is 0 Å². The normalized spacial score (nSPS) is 15.1. The monoisotopic (exact) mass is 378 g/mol. The summed E-state index contributed by atoms with van der Waals surface area (Å²) in [7, 11) is 0. The third kappa shape index (κ3) is 3.64. The van der Waals surface area contributed by atoms with Crippen molar-refractivity contribution in [2.75, 3.05) is 22.9 Å². The second-order valence-electron chi connectivity index (χ2n) is 7.98. The van der Waals surface area contributed by atoms with Gasteiger partial charge in [-0.15, -0.1) is 0 Å². The van der Waals surface area contributed by atoms with E-state index in [-0.39, 0.29) is 0 Å². The molecule has 0 bridgehead atoms. The van der Waals surface area contributed by atoms with Gasteiger partial charge < -0.3 is 14.9 Å². The van der Waals surface area contributed by atoms with Crippen LogP contribution in [0.5, 0.6) is 0 Å². The zero-order valence-electron chi connectivity index (χ0n) is 17.7. The third-order valence-corrected chi connectivity index (χ3v) is 5.43. The molecule has 0 aromatic heterocycles. The predicted octanol–water partition coefficient (Wildman–Crippen LogP) is 4.83. The first-order chi connectivity index (χ1) is 13.2. The summed E-state index contributed by atoms with van der Waals surface area (Å²) in [6, 6.07) is 8.51. The van der Waals surface area contributed by atoms with Crippen LogP contribution in [0.4, 0.5) is 11.4 Å². The molecule has 1 aliphatic heterocycles. The fourth-order valence-electron chi connectivity index (χ4n) is 4.69. The van der Waals surface area contributed by atoms with Gasteiger partial charge in [-0.2, -0.15) is 0 Å². The summed E-state index contributed by atoms with van der Waals surface area (Å²) < 4.78 is 0. The Balaban J connectivity index is 2.19. The van der Waals surface area contributed by atoms with Crippen LogP contribution >= 0.6 is 0 Å². The molecule has 0 atom stereocenters. The summed E-state index contributed by atoms with van der Waals surface area (Å²) in [5, 5.41) is 10.3. The van der Waals surface area contributed by atoms with Gasteiger partial charge in [0, 0.05) is 24.5 Å². The first-order valence-electron chi connectivity index (χ1n) is 9.77. The first-order valence-corrected chi connectivity index (χ1v) is 9.77. The van der Waals surface area contributed by atoms with Crippen LogP contribution in [-0.4, -0.2) is 30.3 Å². The lowest BCUT2D eigenvalue weighted by atomic mass is 10.0. The average Bonchev–Trinajstić information content (AvgIpc) is 2.76. The van der Waals surface area contributed by atoms with Gasteiger partial charge in [0.2, 0.25) is 6.17 Å². The third-order valence-electron chi connectivity index (χ3n) is 5.43. The van der Waals surface area contributed by atoms with E-state index in [9.17, 15) is 9.90 Å². The van der Waals surface area contributed by atoms with Crippen molar-refractivity contribution in [2.45, 2.75) is 47.7 Å². The molecule has 1 heterocycles. The van der Waals surface area contributed by atoms with Crippen LogP contribution in [0.15, 0.2) is 36.4 Å². The first kappa shape index (κ1) is 20.0. The number of benzene rings is 2. The Morgan fingerprint density at radius 2 is 1.07 bits per heavy atom. The average molecular weight is 379 g/mol. The summed E-state index contributed by atoms with van der Waals surface area (Å²) >= 11 is 0. The molecule has 4 heteroatoms. The SMILES string of the molecule is Cc1cc(C)c(N2CC=CCN(c3c(C)cc(C)cc3C)C2C(=O)O)c(C)c1. The number of aryl methyl sites for hydroxylation is 6. The standard InChI is InChI=1S/C24H30N2O2/c1-15-11-17(3)21(18(4)12-15)25-9-7-8-10-26(23(25)24(27)28)22-19(5)13-16(2)14-20(22)6/h7-8,11-14,23H,9-10H2,1-6H3,(H,27,28). The minimum absolute atomic E-state index is 0.572. The highest BCUT2D eigenvalue weighted by Gasteiger charge is 2.35. The van der Waals surface area contributed by atoms with E-state index in [1.807, 2.05) is 9.80 Å². The summed E-state index contributed by atoms with van der Waals surface area (Å²) in [6.45, 7) is 13.6. The largest absolute Gasteiger partial charge is 0.478 e. The molecule has 0 unspecified atom stereocenters. The van der Waals surface area contributed by atoms with Gasteiger partial charge in [-0.3, -0.25) is 0 Å². The van der Waals surface area contributed by atoms with Gasteiger partial charge in [-0.25, -0.2) is 4.79 Å². The summed E-state index contributed by atoms with van der Waals surface area (Å²) in [5.74, 6) is -0.831. The maximum absolute atomic E-state index is 12.5. The smallest absolute Gasteiger partial charge is 0.347 e. The van der Waals surface area contributed by atoms with Gasteiger partial charge in [0.05, 0.1) is 0 Å². The second-order valence-corrected chi connectivity index (χ2v) is 7.98. The Morgan fingerprint density at radius 3 is 1.36 bits per heavy atom. The van der Waals surface area contributed by atoms with Gasteiger partial charge in [0.25, 0.3) is 0 Å². The van der Waals surface area contributed by atoms with Crippen molar-refractivity contribution in [3.05, 3.63) is 69.8 Å².